The third-order valence-electron chi connectivity index (χ3n) is 5.22. The number of pyridine rings is 1. The number of fused-ring (bicyclic) bond motifs is 1. The van der Waals surface area contributed by atoms with Crippen LogP contribution in [-0.4, -0.2) is 25.0 Å². The van der Waals surface area contributed by atoms with E-state index in [9.17, 15) is 4.79 Å². The number of nitrogens with zero attached hydrogens (tertiary/aromatic N) is 2. The number of para-hydroxylation sites is 1. The van der Waals surface area contributed by atoms with Gasteiger partial charge < -0.3 is 15.5 Å². The van der Waals surface area contributed by atoms with Gasteiger partial charge in [0, 0.05) is 49.0 Å². The molecule has 1 aromatic heterocycles. The van der Waals surface area contributed by atoms with Gasteiger partial charge in [0.1, 0.15) is 5.82 Å². The molecule has 156 valence electrons. The third-order valence-corrected chi connectivity index (χ3v) is 5.22. The van der Waals surface area contributed by atoms with Crippen LogP contribution < -0.4 is 15.5 Å². The van der Waals surface area contributed by atoms with Crippen molar-refractivity contribution in [3.05, 3.63) is 95.6 Å². The first-order valence-corrected chi connectivity index (χ1v) is 10.3. The largest absolute Gasteiger partial charge is 0.377 e. The summed E-state index contributed by atoms with van der Waals surface area (Å²) in [6.45, 7) is 2.45. The second-order valence-corrected chi connectivity index (χ2v) is 7.76. The molecule has 0 aliphatic heterocycles. The van der Waals surface area contributed by atoms with Crippen LogP contribution in [-0.2, 0) is 6.54 Å². The van der Waals surface area contributed by atoms with E-state index in [0.29, 0.717) is 12.1 Å². The van der Waals surface area contributed by atoms with Crippen molar-refractivity contribution in [1.82, 2.24) is 10.3 Å². The zero-order chi connectivity index (χ0) is 21.8. The summed E-state index contributed by atoms with van der Waals surface area (Å²) in [6, 6.07) is 25.8. The smallest absolute Gasteiger partial charge is 0.251 e. The molecule has 0 fully saturated rings. The number of hydrogen-bond donors (Lipinski definition) is 2. The molecule has 1 amide bonds. The van der Waals surface area contributed by atoms with Gasteiger partial charge in [0.25, 0.3) is 5.91 Å². The van der Waals surface area contributed by atoms with Crippen LogP contribution in [0.5, 0.6) is 0 Å². The number of carbonyl (C=O) groups is 1. The molecule has 1 heterocycles. The Morgan fingerprint density at radius 1 is 0.935 bits per heavy atom. The van der Waals surface area contributed by atoms with E-state index in [-0.39, 0.29) is 5.91 Å². The normalized spacial score (nSPS) is 10.7. The van der Waals surface area contributed by atoms with Gasteiger partial charge in [-0.05, 0) is 42.3 Å². The van der Waals surface area contributed by atoms with E-state index in [1.54, 1.807) is 0 Å². The van der Waals surface area contributed by atoms with E-state index in [0.717, 1.165) is 39.2 Å². The van der Waals surface area contributed by atoms with E-state index >= 15 is 0 Å². The van der Waals surface area contributed by atoms with Crippen LogP contribution in [0.1, 0.15) is 21.5 Å². The predicted octanol–water partition coefficient (Wildman–Crippen LogP) is 5.28. The molecule has 4 rings (SSSR count). The molecule has 0 radical (unpaired) electrons. The minimum Gasteiger partial charge on any atom is -0.377 e. The standard InChI is InChI=1S/C26H26N4O/c1-18-15-20(13-14-21(18)26(31)27-17-19-9-5-4-6-10-19)28-25-16-24(30(2)3)22-11-7-8-12-23(22)29-25/h4-16H,17H2,1-3H3,(H,27,31)(H,28,29). The topological polar surface area (TPSA) is 57.3 Å². The second-order valence-electron chi connectivity index (χ2n) is 7.76. The van der Waals surface area contributed by atoms with Gasteiger partial charge in [-0.25, -0.2) is 4.98 Å². The molecule has 0 saturated heterocycles. The highest BCUT2D eigenvalue weighted by molar-refractivity contribution is 5.96. The molecule has 0 saturated carbocycles. The second kappa shape index (κ2) is 8.88. The fourth-order valence-corrected chi connectivity index (χ4v) is 3.61. The molecular formula is C26H26N4O. The van der Waals surface area contributed by atoms with Crippen LogP contribution in [0.25, 0.3) is 10.9 Å². The van der Waals surface area contributed by atoms with Crippen molar-refractivity contribution in [1.29, 1.82) is 0 Å². The van der Waals surface area contributed by atoms with Gasteiger partial charge >= 0.3 is 0 Å². The Labute approximate surface area is 182 Å². The highest BCUT2D eigenvalue weighted by Crippen LogP contribution is 2.29. The summed E-state index contributed by atoms with van der Waals surface area (Å²) in [5, 5.41) is 7.49. The molecule has 0 atom stereocenters. The van der Waals surface area contributed by atoms with Crippen molar-refractivity contribution < 1.29 is 4.79 Å². The number of hydrogen-bond acceptors (Lipinski definition) is 4. The first kappa shape index (κ1) is 20.4. The molecule has 31 heavy (non-hydrogen) atoms. The minimum atomic E-state index is -0.0772. The lowest BCUT2D eigenvalue weighted by Gasteiger charge is -2.17. The van der Waals surface area contributed by atoms with Crippen molar-refractivity contribution >= 4 is 34.0 Å². The van der Waals surface area contributed by atoms with Crippen LogP contribution in [0.15, 0.2) is 78.9 Å². The number of benzene rings is 3. The summed E-state index contributed by atoms with van der Waals surface area (Å²) in [5.41, 5.74) is 5.58. The summed E-state index contributed by atoms with van der Waals surface area (Å²) in [7, 11) is 4.05. The maximum Gasteiger partial charge on any atom is 0.251 e. The number of aryl methyl sites for hydroxylation is 1. The zero-order valence-electron chi connectivity index (χ0n) is 18.0. The van der Waals surface area contributed by atoms with Crippen molar-refractivity contribution in [2.75, 3.05) is 24.3 Å². The van der Waals surface area contributed by atoms with Crippen LogP contribution in [0, 0.1) is 6.92 Å². The first-order valence-electron chi connectivity index (χ1n) is 10.3. The van der Waals surface area contributed by atoms with Crippen molar-refractivity contribution in [3.63, 3.8) is 0 Å². The molecule has 4 aromatic rings. The lowest BCUT2D eigenvalue weighted by Crippen LogP contribution is -2.23. The highest BCUT2D eigenvalue weighted by Gasteiger charge is 2.11. The van der Waals surface area contributed by atoms with Crippen molar-refractivity contribution in [2.45, 2.75) is 13.5 Å². The van der Waals surface area contributed by atoms with Gasteiger partial charge in [-0.1, -0.05) is 48.5 Å². The fourth-order valence-electron chi connectivity index (χ4n) is 3.61. The Kier molecular flexibility index (Phi) is 5.85. The lowest BCUT2D eigenvalue weighted by atomic mass is 10.1. The number of carbonyl (C=O) groups excluding carboxylic acids is 1. The maximum atomic E-state index is 12.6. The maximum absolute atomic E-state index is 12.6. The van der Waals surface area contributed by atoms with Crippen LogP contribution >= 0.6 is 0 Å². The number of amides is 1. The quantitative estimate of drug-likeness (QED) is 0.454. The van der Waals surface area contributed by atoms with Gasteiger partial charge in [0.05, 0.1) is 5.52 Å². The summed E-state index contributed by atoms with van der Waals surface area (Å²) in [5.74, 6) is 0.690. The van der Waals surface area contributed by atoms with Crippen LogP contribution in [0.3, 0.4) is 0 Å². The fraction of sp³-hybridized carbons (Fsp3) is 0.154. The Bertz CT molecular complexity index is 1220. The van der Waals surface area contributed by atoms with E-state index in [4.69, 9.17) is 4.98 Å². The van der Waals surface area contributed by atoms with E-state index in [1.807, 2.05) is 93.8 Å². The summed E-state index contributed by atoms with van der Waals surface area (Å²) >= 11 is 0. The predicted molar refractivity (Wildman–Crippen MR) is 128 cm³/mol. The lowest BCUT2D eigenvalue weighted by molar-refractivity contribution is 0.0950. The molecular weight excluding hydrogens is 384 g/mol. The van der Waals surface area contributed by atoms with E-state index in [1.165, 1.54) is 0 Å². The SMILES string of the molecule is Cc1cc(Nc2cc(N(C)C)c3ccccc3n2)ccc1C(=O)NCc1ccccc1. The summed E-state index contributed by atoms with van der Waals surface area (Å²) in [6.07, 6.45) is 0. The van der Waals surface area contributed by atoms with Crippen molar-refractivity contribution in [3.8, 4) is 0 Å². The molecule has 5 heteroatoms. The van der Waals surface area contributed by atoms with Crippen LogP contribution in [0.4, 0.5) is 17.2 Å². The van der Waals surface area contributed by atoms with Gasteiger partial charge in [-0.3, -0.25) is 4.79 Å². The highest BCUT2D eigenvalue weighted by atomic mass is 16.1. The number of rotatable bonds is 6. The monoisotopic (exact) mass is 410 g/mol. The molecule has 3 aromatic carbocycles. The molecule has 5 nitrogen and oxygen atoms in total. The molecule has 2 N–H and O–H groups in total. The average molecular weight is 411 g/mol. The Morgan fingerprint density at radius 3 is 2.42 bits per heavy atom. The molecule has 0 unspecified atom stereocenters. The summed E-state index contributed by atoms with van der Waals surface area (Å²) in [4.78, 5) is 19.5. The molecule has 0 aliphatic rings. The number of anilines is 3. The Balaban J connectivity index is 1.52. The van der Waals surface area contributed by atoms with E-state index in [2.05, 4.69) is 21.6 Å². The third kappa shape index (κ3) is 4.67. The number of aromatic nitrogens is 1. The first-order chi connectivity index (χ1) is 15.0. The Hall–Kier alpha value is -3.86. The van der Waals surface area contributed by atoms with E-state index < -0.39 is 0 Å². The Morgan fingerprint density at radius 2 is 1.68 bits per heavy atom. The minimum absolute atomic E-state index is 0.0772. The molecule has 0 spiro atoms. The summed E-state index contributed by atoms with van der Waals surface area (Å²) < 4.78 is 0. The van der Waals surface area contributed by atoms with Gasteiger partial charge in [0.2, 0.25) is 0 Å². The van der Waals surface area contributed by atoms with Gasteiger partial charge in [-0.15, -0.1) is 0 Å². The van der Waals surface area contributed by atoms with Crippen LogP contribution in [0.2, 0.25) is 0 Å². The molecule has 0 bridgehead atoms. The van der Waals surface area contributed by atoms with Gasteiger partial charge in [0.15, 0.2) is 0 Å². The van der Waals surface area contributed by atoms with Gasteiger partial charge in [-0.2, -0.15) is 0 Å². The number of nitrogens with one attached hydrogen (secondary N) is 2. The average Bonchev–Trinajstić information content (AvgIpc) is 2.77. The van der Waals surface area contributed by atoms with Crippen molar-refractivity contribution in [2.24, 2.45) is 0 Å². The zero-order valence-corrected chi connectivity index (χ0v) is 18.0. The molecule has 0 aliphatic carbocycles.